The topological polar surface area (TPSA) is 59.8 Å². The number of carbonyl (C=O) groups excluding carboxylic acids is 1. The standard InChI is InChI=1S/C29H25FN4O/c1-18-4-11-23(12-5-18)34-20(3)26(17-32-34)28-15-25(24-14-19(2)6-13-27(24)33-28)29(35)31-16-21-7-9-22(30)10-8-21/h4-15,17H,16H2,1-3H3,(H,31,35). The summed E-state index contributed by atoms with van der Waals surface area (Å²) in [6, 6.07) is 22.0. The van der Waals surface area contributed by atoms with Crippen LogP contribution in [0, 0.1) is 26.6 Å². The quantitative estimate of drug-likeness (QED) is 0.343. The Hall–Kier alpha value is -4.32. The number of carbonyl (C=O) groups is 1. The molecular formula is C29H25FN4O. The number of nitrogens with one attached hydrogen (secondary N) is 1. The smallest absolute Gasteiger partial charge is 0.252 e. The van der Waals surface area contributed by atoms with Crippen molar-refractivity contribution in [3.63, 3.8) is 0 Å². The van der Waals surface area contributed by atoms with Crippen LogP contribution in [0.25, 0.3) is 27.8 Å². The number of fused-ring (bicyclic) bond motifs is 1. The SMILES string of the molecule is Cc1ccc(-n2ncc(-c3cc(C(=O)NCc4ccc(F)cc4)c4cc(C)ccc4n3)c2C)cc1. The van der Waals surface area contributed by atoms with Crippen LogP contribution in [0.1, 0.15) is 32.7 Å². The highest BCUT2D eigenvalue weighted by Crippen LogP contribution is 2.29. The highest BCUT2D eigenvalue weighted by atomic mass is 19.1. The fraction of sp³-hybridized carbons (Fsp3) is 0.138. The van der Waals surface area contributed by atoms with Gasteiger partial charge in [0.1, 0.15) is 5.82 Å². The summed E-state index contributed by atoms with van der Waals surface area (Å²) < 4.78 is 15.1. The lowest BCUT2D eigenvalue weighted by Crippen LogP contribution is -2.23. The molecule has 0 spiro atoms. The molecule has 0 aliphatic heterocycles. The first-order chi connectivity index (χ1) is 16.9. The van der Waals surface area contributed by atoms with Crippen molar-refractivity contribution < 1.29 is 9.18 Å². The summed E-state index contributed by atoms with van der Waals surface area (Å²) in [5, 5.41) is 8.34. The van der Waals surface area contributed by atoms with Crippen LogP contribution in [0.5, 0.6) is 0 Å². The van der Waals surface area contributed by atoms with Crippen LogP contribution in [0.2, 0.25) is 0 Å². The molecule has 5 nitrogen and oxygen atoms in total. The maximum Gasteiger partial charge on any atom is 0.252 e. The van der Waals surface area contributed by atoms with Crippen molar-refractivity contribution in [2.45, 2.75) is 27.3 Å². The van der Waals surface area contributed by atoms with Gasteiger partial charge >= 0.3 is 0 Å². The maximum absolute atomic E-state index is 13.3. The fourth-order valence-electron chi connectivity index (χ4n) is 4.15. The lowest BCUT2D eigenvalue weighted by atomic mass is 10.0. The lowest BCUT2D eigenvalue weighted by Gasteiger charge is -2.12. The van der Waals surface area contributed by atoms with Gasteiger partial charge in [-0.3, -0.25) is 4.79 Å². The number of nitrogens with zero attached hydrogens (tertiary/aromatic N) is 3. The Morgan fingerprint density at radius 1 is 0.914 bits per heavy atom. The number of rotatable bonds is 5. The number of hydrogen-bond donors (Lipinski definition) is 1. The van der Waals surface area contributed by atoms with Crippen LogP contribution in [0.3, 0.4) is 0 Å². The molecule has 0 saturated heterocycles. The van der Waals surface area contributed by atoms with Gasteiger partial charge in [-0.15, -0.1) is 0 Å². The molecule has 5 aromatic rings. The summed E-state index contributed by atoms with van der Waals surface area (Å²) in [5.41, 5.74) is 7.78. The average Bonchev–Trinajstić information content (AvgIpc) is 3.24. The molecule has 0 atom stereocenters. The number of halogens is 1. The van der Waals surface area contributed by atoms with Gasteiger partial charge < -0.3 is 5.32 Å². The van der Waals surface area contributed by atoms with Crippen molar-refractivity contribution >= 4 is 16.8 Å². The van der Waals surface area contributed by atoms with Crippen LogP contribution in [-0.2, 0) is 6.54 Å². The molecule has 5 rings (SSSR count). The van der Waals surface area contributed by atoms with E-state index in [9.17, 15) is 9.18 Å². The summed E-state index contributed by atoms with van der Waals surface area (Å²) in [7, 11) is 0. The van der Waals surface area contributed by atoms with Gasteiger partial charge in [-0.05, 0) is 68.8 Å². The second-order valence-electron chi connectivity index (χ2n) is 8.78. The molecule has 0 aliphatic rings. The van der Waals surface area contributed by atoms with E-state index in [2.05, 4.69) is 29.5 Å². The molecule has 0 aliphatic carbocycles. The van der Waals surface area contributed by atoms with Gasteiger partial charge in [0.15, 0.2) is 0 Å². The van der Waals surface area contributed by atoms with Crippen LogP contribution < -0.4 is 5.32 Å². The highest BCUT2D eigenvalue weighted by Gasteiger charge is 2.17. The molecule has 2 aromatic heterocycles. The van der Waals surface area contributed by atoms with E-state index in [0.717, 1.165) is 39.0 Å². The maximum atomic E-state index is 13.3. The van der Waals surface area contributed by atoms with Gasteiger partial charge in [0, 0.05) is 17.5 Å². The van der Waals surface area contributed by atoms with E-state index in [1.54, 1.807) is 18.3 Å². The van der Waals surface area contributed by atoms with Gasteiger partial charge in [-0.2, -0.15) is 5.10 Å². The summed E-state index contributed by atoms with van der Waals surface area (Å²) in [5.74, 6) is -0.515. The molecule has 0 fully saturated rings. The Bertz CT molecular complexity index is 1540. The molecule has 35 heavy (non-hydrogen) atoms. The molecule has 0 bridgehead atoms. The van der Waals surface area contributed by atoms with Crippen molar-refractivity contribution in [2.75, 3.05) is 0 Å². The predicted molar refractivity (Wildman–Crippen MR) is 136 cm³/mol. The molecule has 3 aromatic carbocycles. The monoisotopic (exact) mass is 464 g/mol. The minimum absolute atomic E-state index is 0.211. The van der Waals surface area contributed by atoms with E-state index in [4.69, 9.17) is 4.98 Å². The van der Waals surface area contributed by atoms with Crippen LogP contribution in [0.15, 0.2) is 79.0 Å². The third-order valence-corrected chi connectivity index (χ3v) is 6.14. The first-order valence-corrected chi connectivity index (χ1v) is 11.4. The Morgan fingerprint density at radius 2 is 1.63 bits per heavy atom. The van der Waals surface area contributed by atoms with Crippen LogP contribution >= 0.6 is 0 Å². The Morgan fingerprint density at radius 3 is 2.37 bits per heavy atom. The van der Waals surface area contributed by atoms with E-state index >= 15 is 0 Å². The number of hydrogen-bond acceptors (Lipinski definition) is 3. The van der Waals surface area contributed by atoms with E-state index < -0.39 is 0 Å². The normalized spacial score (nSPS) is 11.1. The van der Waals surface area contributed by atoms with Gasteiger partial charge in [0.2, 0.25) is 0 Å². The predicted octanol–water partition coefficient (Wildman–Crippen LogP) is 6.08. The Balaban J connectivity index is 1.54. The fourth-order valence-corrected chi connectivity index (χ4v) is 4.15. The summed E-state index contributed by atoms with van der Waals surface area (Å²) >= 11 is 0. The Labute approximate surface area is 203 Å². The molecule has 0 radical (unpaired) electrons. The van der Waals surface area contributed by atoms with Crippen molar-refractivity contribution in [2.24, 2.45) is 0 Å². The number of aryl methyl sites for hydroxylation is 2. The number of aromatic nitrogens is 3. The minimum atomic E-state index is -0.304. The summed E-state index contributed by atoms with van der Waals surface area (Å²) in [6.07, 6.45) is 1.79. The van der Waals surface area contributed by atoms with Crippen LogP contribution in [-0.4, -0.2) is 20.7 Å². The largest absolute Gasteiger partial charge is 0.348 e. The lowest BCUT2D eigenvalue weighted by molar-refractivity contribution is 0.0952. The van der Waals surface area contributed by atoms with Crippen LogP contribution in [0.4, 0.5) is 4.39 Å². The molecule has 2 heterocycles. The second kappa shape index (κ2) is 9.14. The van der Waals surface area contributed by atoms with Gasteiger partial charge in [-0.1, -0.05) is 41.5 Å². The molecular weight excluding hydrogens is 439 g/mol. The first kappa shape index (κ1) is 22.5. The second-order valence-corrected chi connectivity index (χ2v) is 8.78. The molecule has 0 unspecified atom stereocenters. The van der Waals surface area contributed by atoms with Crippen molar-refractivity contribution in [1.82, 2.24) is 20.1 Å². The third kappa shape index (κ3) is 4.55. The van der Waals surface area contributed by atoms with Crippen molar-refractivity contribution in [3.8, 4) is 16.9 Å². The summed E-state index contributed by atoms with van der Waals surface area (Å²) in [4.78, 5) is 18.2. The van der Waals surface area contributed by atoms with E-state index in [0.29, 0.717) is 17.8 Å². The highest BCUT2D eigenvalue weighted by molar-refractivity contribution is 6.07. The van der Waals surface area contributed by atoms with Crippen molar-refractivity contribution in [3.05, 3.63) is 113 Å². The zero-order valence-electron chi connectivity index (χ0n) is 19.8. The first-order valence-electron chi connectivity index (χ1n) is 11.4. The van der Waals surface area contributed by atoms with Gasteiger partial charge in [-0.25, -0.2) is 14.1 Å². The minimum Gasteiger partial charge on any atom is -0.348 e. The molecule has 174 valence electrons. The number of pyridine rings is 1. The third-order valence-electron chi connectivity index (χ3n) is 6.14. The van der Waals surface area contributed by atoms with E-state index in [1.165, 1.54) is 17.7 Å². The molecule has 1 N–H and O–H groups in total. The van der Waals surface area contributed by atoms with Gasteiger partial charge in [0.05, 0.1) is 34.4 Å². The molecule has 6 heteroatoms. The Kier molecular flexibility index (Phi) is 5.87. The van der Waals surface area contributed by atoms with E-state index in [1.807, 2.05) is 54.9 Å². The zero-order valence-corrected chi connectivity index (χ0v) is 19.8. The zero-order chi connectivity index (χ0) is 24.5. The van der Waals surface area contributed by atoms with E-state index in [-0.39, 0.29) is 11.7 Å². The molecule has 1 amide bonds. The van der Waals surface area contributed by atoms with Gasteiger partial charge in [0.25, 0.3) is 5.91 Å². The molecule has 0 saturated carbocycles. The van der Waals surface area contributed by atoms with Crippen molar-refractivity contribution in [1.29, 1.82) is 0 Å². The number of benzene rings is 3. The number of amides is 1. The summed E-state index contributed by atoms with van der Waals surface area (Å²) in [6.45, 7) is 6.34. The average molecular weight is 465 g/mol.